The summed E-state index contributed by atoms with van der Waals surface area (Å²) in [5.41, 5.74) is 4.35. The summed E-state index contributed by atoms with van der Waals surface area (Å²) in [6.07, 6.45) is 0.359. The number of rotatable bonds is 11. The standard InChI is InChI=1S/C30H29N3O5/c1-19(34)11-13-28(36)31-22-15-21(18-38-29(37)14-12-20(2)35)16-23(17-22)32-30-24-7-3-5-9-26(24)33-27-10-6-4-8-25(27)30/h3-10,15-17H,11-14,18H2,1-2H3,(H,31,36)(H,32,33). The minimum atomic E-state index is -0.475. The number of amides is 1. The molecule has 0 unspecified atom stereocenters. The number of anilines is 3. The molecule has 0 aliphatic rings. The Balaban J connectivity index is 1.67. The van der Waals surface area contributed by atoms with Crippen molar-refractivity contribution in [2.24, 2.45) is 0 Å². The molecule has 0 radical (unpaired) electrons. The lowest BCUT2D eigenvalue weighted by Crippen LogP contribution is -2.13. The van der Waals surface area contributed by atoms with E-state index in [0.29, 0.717) is 16.9 Å². The first-order chi connectivity index (χ1) is 18.3. The van der Waals surface area contributed by atoms with Crippen LogP contribution in [0.1, 0.15) is 45.1 Å². The fraction of sp³-hybridized carbons (Fsp3) is 0.233. The van der Waals surface area contributed by atoms with Gasteiger partial charge in [0.2, 0.25) is 5.91 Å². The average Bonchev–Trinajstić information content (AvgIpc) is 2.89. The van der Waals surface area contributed by atoms with Gasteiger partial charge in [0.1, 0.15) is 18.2 Å². The molecule has 0 saturated carbocycles. The lowest BCUT2D eigenvalue weighted by Gasteiger charge is -2.16. The lowest BCUT2D eigenvalue weighted by atomic mass is 10.1. The Hall–Kier alpha value is -4.59. The van der Waals surface area contributed by atoms with Crippen LogP contribution in [0.25, 0.3) is 21.8 Å². The number of pyridine rings is 1. The zero-order valence-electron chi connectivity index (χ0n) is 21.4. The third-order valence-corrected chi connectivity index (χ3v) is 5.92. The second kappa shape index (κ2) is 12.1. The Morgan fingerprint density at radius 1 is 0.737 bits per heavy atom. The summed E-state index contributed by atoms with van der Waals surface area (Å²) in [7, 11) is 0. The molecular formula is C30H29N3O5. The van der Waals surface area contributed by atoms with Gasteiger partial charge in [-0.15, -0.1) is 0 Å². The van der Waals surface area contributed by atoms with Crippen molar-refractivity contribution in [2.45, 2.75) is 46.1 Å². The Morgan fingerprint density at radius 3 is 1.95 bits per heavy atom. The molecule has 8 heteroatoms. The highest BCUT2D eigenvalue weighted by molar-refractivity contribution is 6.08. The van der Waals surface area contributed by atoms with Crippen molar-refractivity contribution in [3.63, 3.8) is 0 Å². The van der Waals surface area contributed by atoms with Gasteiger partial charge in [0.15, 0.2) is 0 Å². The third kappa shape index (κ3) is 7.00. The maximum absolute atomic E-state index is 12.5. The fourth-order valence-corrected chi connectivity index (χ4v) is 4.07. The summed E-state index contributed by atoms with van der Waals surface area (Å²) in [6.45, 7) is 2.84. The van der Waals surface area contributed by atoms with Crippen molar-refractivity contribution in [3.8, 4) is 0 Å². The highest BCUT2D eigenvalue weighted by atomic mass is 16.5. The number of nitrogens with one attached hydrogen (secondary N) is 2. The first-order valence-corrected chi connectivity index (χ1v) is 12.4. The molecule has 1 amide bonds. The van der Waals surface area contributed by atoms with Crippen molar-refractivity contribution in [1.29, 1.82) is 0 Å². The van der Waals surface area contributed by atoms with Crippen LogP contribution < -0.4 is 10.6 Å². The van der Waals surface area contributed by atoms with Gasteiger partial charge in [0, 0.05) is 41.4 Å². The number of carbonyl (C=O) groups excluding carboxylic acids is 4. The molecule has 3 aromatic carbocycles. The van der Waals surface area contributed by atoms with Crippen LogP contribution in [0.2, 0.25) is 0 Å². The number of carbonyl (C=O) groups is 4. The lowest BCUT2D eigenvalue weighted by molar-refractivity contribution is -0.146. The number of benzene rings is 3. The van der Waals surface area contributed by atoms with Crippen molar-refractivity contribution in [2.75, 3.05) is 10.6 Å². The molecule has 0 fully saturated rings. The van der Waals surface area contributed by atoms with E-state index >= 15 is 0 Å². The van der Waals surface area contributed by atoms with E-state index in [4.69, 9.17) is 9.72 Å². The summed E-state index contributed by atoms with van der Waals surface area (Å²) in [6, 6.07) is 21.0. The van der Waals surface area contributed by atoms with Gasteiger partial charge in [-0.3, -0.25) is 9.59 Å². The Kier molecular flexibility index (Phi) is 8.43. The minimum absolute atomic E-state index is 0.0108. The summed E-state index contributed by atoms with van der Waals surface area (Å²) >= 11 is 0. The fourth-order valence-electron chi connectivity index (χ4n) is 4.07. The molecule has 0 aliphatic heterocycles. The van der Waals surface area contributed by atoms with Crippen LogP contribution in [-0.4, -0.2) is 28.4 Å². The van der Waals surface area contributed by atoms with E-state index in [0.717, 1.165) is 27.5 Å². The molecule has 1 aromatic heterocycles. The smallest absolute Gasteiger partial charge is 0.306 e. The number of esters is 1. The van der Waals surface area contributed by atoms with Crippen LogP contribution in [0.15, 0.2) is 66.7 Å². The SMILES string of the molecule is CC(=O)CCC(=O)Nc1cc(COC(=O)CCC(C)=O)cc(Nc2c3ccccc3nc3ccccc23)c1. The van der Waals surface area contributed by atoms with Crippen LogP contribution in [0.3, 0.4) is 0 Å². The van der Waals surface area contributed by atoms with Crippen molar-refractivity contribution in [3.05, 3.63) is 72.3 Å². The molecule has 0 atom stereocenters. The van der Waals surface area contributed by atoms with E-state index in [1.54, 1.807) is 12.1 Å². The second-order valence-electron chi connectivity index (χ2n) is 9.18. The summed E-state index contributed by atoms with van der Waals surface area (Å²) < 4.78 is 5.38. The van der Waals surface area contributed by atoms with Gasteiger partial charge in [-0.25, -0.2) is 4.98 Å². The van der Waals surface area contributed by atoms with E-state index in [-0.39, 0.29) is 49.8 Å². The molecule has 0 spiro atoms. The zero-order chi connectivity index (χ0) is 27.1. The number of nitrogens with zero attached hydrogens (tertiary/aromatic N) is 1. The Morgan fingerprint density at radius 2 is 1.32 bits per heavy atom. The van der Waals surface area contributed by atoms with Crippen molar-refractivity contribution < 1.29 is 23.9 Å². The number of Topliss-reactive ketones (excluding diaryl/α,β-unsaturated/α-hetero) is 2. The van der Waals surface area contributed by atoms with Gasteiger partial charge in [0.05, 0.1) is 23.1 Å². The minimum Gasteiger partial charge on any atom is -0.461 e. The zero-order valence-corrected chi connectivity index (χ0v) is 21.4. The predicted molar refractivity (Wildman–Crippen MR) is 147 cm³/mol. The molecule has 8 nitrogen and oxygen atoms in total. The van der Waals surface area contributed by atoms with E-state index < -0.39 is 5.97 Å². The molecule has 1 heterocycles. The number of ether oxygens (including phenoxy) is 1. The van der Waals surface area contributed by atoms with Crippen LogP contribution in [0, 0.1) is 0 Å². The van der Waals surface area contributed by atoms with Gasteiger partial charge in [0.25, 0.3) is 0 Å². The molecule has 4 aromatic rings. The maximum atomic E-state index is 12.5. The number of hydrogen-bond acceptors (Lipinski definition) is 7. The van der Waals surface area contributed by atoms with Crippen molar-refractivity contribution in [1.82, 2.24) is 4.98 Å². The summed E-state index contributed by atoms with van der Waals surface area (Å²) in [5, 5.41) is 8.19. The van der Waals surface area contributed by atoms with Crippen LogP contribution in [0.5, 0.6) is 0 Å². The normalized spacial score (nSPS) is 10.8. The van der Waals surface area contributed by atoms with E-state index in [2.05, 4.69) is 10.6 Å². The first-order valence-electron chi connectivity index (χ1n) is 12.4. The quantitative estimate of drug-likeness (QED) is 0.192. The number of ketones is 2. The van der Waals surface area contributed by atoms with Gasteiger partial charge in [-0.1, -0.05) is 36.4 Å². The predicted octanol–water partition coefficient (Wildman–Crippen LogP) is 5.85. The third-order valence-electron chi connectivity index (χ3n) is 5.92. The van der Waals surface area contributed by atoms with E-state index in [9.17, 15) is 19.2 Å². The van der Waals surface area contributed by atoms with Gasteiger partial charge in [-0.2, -0.15) is 0 Å². The number of aromatic nitrogens is 1. The number of fused-ring (bicyclic) bond motifs is 2. The largest absolute Gasteiger partial charge is 0.461 e. The van der Waals surface area contributed by atoms with Gasteiger partial charge >= 0.3 is 5.97 Å². The average molecular weight is 512 g/mol. The molecule has 4 rings (SSSR count). The highest BCUT2D eigenvalue weighted by Crippen LogP contribution is 2.34. The summed E-state index contributed by atoms with van der Waals surface area (Å²) in [5.74, 6) is -0.913. The number of hydrogen-bond donors (Lipinski definition) is 2. The molecular weight excluding hydrogens is 482 g/mol. The van der Waals surface area contributed by atoms with E-state index in [1.807, 2.05) is 54.6 Å². The van der Waals surface area contributed by atoms with Crippen LogP contribution >= 0.6 is 0 Å². The molecule has 194 valence electrons. The summed E-state index contributed by atoms with van der Waals surface area (Å²) in [4.78, 5) is 51.8. The number of para-hydroxylation sites is 2. The van der Waals surface area contributed by atoms with Crippen LogP contribution in [0.4, 0.5) is 17.1 Å². The molecule has 0 saturated heterocycles. The first kappa shape index (κ1) is 26.5. The second-order valence-corrected chi connectivity index (χ2v) is 9.18. The molecule has 0 aliphatic carbocycles. The molecule has 38 heavy (non-hydrogen) atoms. The topological polar surface area (TPSA) is 114 Å². The monoisotopic (exact) mass is 511 g/mol. The van der Waals surface area contributed by atoms with Gasteiger partial charge < -0.3 is 25.0 Å². The Labute approximate surface area is 220 Å². The van der Waals surface area contributed by atoms with Crippen molar-refractivity contribution >= 4 is 62.3 Å². The molecule has 2 N–H and O–H groups in total. The van der Waals surface area contributed by atoms with Crippen LogP contribution in [-0.2, 0) is 30.5 Å². The molecule has 0 bridgehead atoms. The van der Waals surface area contributed by atoms with E-state index in [1.165, 1.54) is 13.8 Å². The Bertz CT molecular complexity index is 1480. The maximum Gasteiger partial charge on any atom is 0.306 e. The van der Waals surface area contributed by atoms with Gasteiger partial charge in [-0.05, 0) is 49.7 Å². The highest BCUT2D eigenvalue weighted by Gasteiger charge is 2.13.